The van der Waals surface area contributed by atoms with Crippen molar-refractivity contribution < 1.29 is 13.2 Å². The van der Waals surface area contributed by atoms with Crippen molar-refractivity contribution in [2.75, 3.05) is 6.26 Å². The van der Waals surface area contributed by atoms with Gasteiger partial charge >= 0.3 is 0 Å². The number of benzene rings is 1. The largest absolute Gasteiger partial charge is 0.347 e. The van der Waals surface area contributed by atoms with Crippen LogP contribution >= 0.6 is 22.6 Å². The third-order valence-electron chi connectivity index (χ3n) is 4.37. The topological polar surface area (TPSA) is 112 Å². The van der Waals surface area contributed by atoms with Crippen LogP contribution in [0.4, 0.5) is 0 Å². The van der Waals surface area contributed by atoms with Crippen molar-refractivity contribution in [1.29, 1.82) is 0 Å². The predicted molar refractivity (Wildman–Crippen MR) is 122 cm³/mol. The fraction of sp³-hybridized carbons (Fsp3) is 0.100. The van der Waals surface area contributed by atoms with Gasteiger partial charge in [-0.05, 0) is 59.0 Å². The third kappa shape index (κ3) is 4.99. The molecule has 31 heavy (non-hydrogen) atoms. The van der Waals surface area contributed by atoms with Crippen LogP contribution in [0.1, 0.15) is 16.1 Å². The lowest BCUT2D eigenvalue weighted by Gasteiger charge is -2.05. The molecule has 0 atom stereocenters. The van der Waals surface area contributed by atoms with Crippen LogP contribution in [0.15, 0.2) is 72.1 Å². The highest BCUT2D eigenvalue weighted by atomic mass is 127. The van der Waals surface area contributed by atoms with Crippen molar-refractivity contribution in [2.24, 2.45) is 0 Å². The van der Waals surface area contributed by atoms with Crippen LogP contribution in [-0.2, 0) is 16.4 Å². The van der Waals surface area contributed by atoms with Gasteiger partial charge in [-0.3, -0.25) is 4.79 Å². The molecule has 3 aromatic heterocycles. The fourth-order valence-electron chi connectivity index (χ4n) is 2.82. The van der Waals surface area contributed by atoms with E-state index in [4.69, 9.17) is 0 Å². The van der Waals surface area contributed by atoms with Crippen molar-refractivity contribution in [3.8, 4) is 11.5 Å². The lowest BCUT2D eigenvalue weighted by Crippen LogP contribution is -2.24. The number of hydrogen-bond donors (Lipinski definition) is 1. The van der Waals surface area contributed by atoms with E-state index in [2.05, 4.69) is 43.1 Å². The van der Waals surface area contributed by atoms with E-state index in [9.17, 15) is 13.2 Å². The Morgan fingerprint density at radius 2 is 1.77 bits per heavy atom. The predicted octanol–water partition coefficient (Wildman–Crippen LogP) is 2.39. The Morgan fingerprint density at radius 1 is 1.03 bits per heavy atom. The summed E-state index contributed by atoms with van der Waals surface area (Å²) in [5.74, 6) is 0.245. The molecule has 9 nitrogen and oxygen atoms in total. The van der Waals surface area contributed by atoms with E-state index in [0.717, 1.165) is 15.4 Å². The molecule has 1 amide bonds. The number of aromatic nitrogens is 5. The highest BCUT2D eigenvalue weighted by Gasteiger charge is 2.11. The zero-order valence-corrected chi connectivity index (χ0v) is 19.3. The Balaban J connectivity index is 1.42. The Labute approximate surface area is 192 Å². The van der Waals surface area contributed by atoms with Crippen LogP contribution in [-0.4, -0.2) is 45.1 Å². The summed E-state index contributed by atoms with van der Waals surface area (Å²) in [7, 11) is -3.25. The minimum Gasteiger partial charge on any atom is -0.347 e. The van der Waals surface area contributed by atoms with E-state index in [1.807, 2.05) is 6.20 Å². The molecule has 0 aliphatic carbocycles. The van der Waals surface area contributed by atoms with E-state index in [0.29, 0.717) is 11.5 Å². The smallest absolute Gasteiger partial charge is 0.270 e. The molecule has 0 saturated carbocycles. The Morgan fingerprint density at radius 3 is 2.45 bits per heavy atom. The molecule has 0 spiro atoms. The second kappa shape index (κ2) is 8.59. The molecule has 4 rings (SSSR count). The van der Waals surface area contributed by atoms with Crippen molar-refractivity contribution in [3.63, 3.8) is 0 Å². The van der Waals surface area contributed by atoms with Gasteiger partial charge in [0, 0.05) is 30.8 Å². The Kier molecular flexibility index (Phi) is 5.87. The van der Waals surface area contributed by atoms with Crippen LogP contribution in [0, 0.1) is 3.57 Å². The number of halogens is 1. The highest BCUT2D eigenvalue weighted by Crippen LogP contribution is 2.14. The summed E-state index contributed by atoms with van der Waals surface area (Å²) >= 11 is 2.16. The number of carbonyl (C=O) groups is 1. The number of pyridine rings is 1. The molecule has 158 valence electrons. The number of nitrogens with one attached hydrogen (secondary N) is 1. The molecular weight excluding hydrogens is 531 g/mol. The first-order valence-corrected chi connectivity index (χ1v) is 12.1. The number of rotatable bonds is 6. The van der Waals surface area contributed by atoms with Gasteiger partial charge < -0.3 is 5.32 Å². The van der Waals surface area contributed by atoms with Crippen LogP contribution < -0.4 is 5.32 Å². The van der Waals surface area contributed by atoms with Crippen molar-refractivity contribution in [1.82, 2.24) is 29.9 Å². The summed E-state index contributed by atoms with van der Waals surface area (Å²) in [6.07, 6.45) is 8.10. The monoisotopic (exact) mass is 548 g/mol. The molecule has 0 aliphatic heterocycles. The van der Waals surface area contributed by atoms with E-state index in [1.165, 1.54) is 12.1 Å². The van der Waals surface area contributed by atoms with Crippen LogP contribution in [0.2, 0.25) is 0 Å². The minimum atomic E-state index is -3.25. The molecule has 3 heterocycles. The summed E-state index contributed by atoms with van der Waals surface area (Å²) in [5.41, 5.74) is 1.79. The second-order valence-electron chi connectivity index (χ2n) is 6.73. The van der Waals surface area contributed by atoms with Crippen LogP contribution in [0.25, 0.3) is 11.5 Å². The van der Waals surface area contributed by atoms with Gasteiger partial charge in [0.2, 0.25) is 0 Å². The van der Waals surface area contributed by atoms with Gasteiger partial charge in [-0.1, -0.05) is 6.07 Å². The van der Waals surface area contributed by atoms with Gasteiger partial charge in [0.15, 0.2) is 15.7 Å². The molecule has 0 saturated heterocycles. The summed E-state index contributed by atoms with van der Waals surface area (Å²) in [6, 6.07) is 11.6. The number of amides is 1. The van der Waals surface area contributed by atoms with Gasteiger partial charge in [-0.2, -0.15) is 10.2 Å². The number of carbonyl (C=O) groups excluding carboxylic acids is 1. The summed E-state index contributed by atoms with van der Waals surface area (Å²) in [4.78, 5) is 17.1. The van der Waals surface area contributed by atoms with Gasteiger partial charge in [0.25, 0.3) is 5.91 Å². The van der Waals surface area contributed by atoms with Gasteiger partial charge in [0.05, 0.1) is 26.5 Å². The maximum absolute atomic E-state index is 12.5. The zero-order chi connectivity index (χ0) is 22.0. The van der Waals surface area contributed by atoms with Gasteiger partial charge in [-0.15, -0.1) is 0 Å². The van der Waals surface area contributed by atoms with Gasteiger partial charge in [-0.25, -0.2) is 22.8 Å². The van der Waals surface area contributed by atoms with Crippen molar-refractivity contribution in [3.05, 3.63) is 82.1 Å². The fourth-order valence-corrected chi connectivity index (χ4v) is 3.83. The average Bonchev–Trinajstić information content (AvgIpc) is 3.41. The molecule has 0 radical (unpaired) electrons. The number of nitrogens with zero attached hydrogens (tertiary/aromatic N) is 5. The van der Waals surface area contributed by atoms with E-state index in [1.54, 1.807) is 58.3 Å². The quantitative estimate of drug-likeness (QED) is 0.371. The van der Waals surface area contributed by atoms with E-state index in [-0.39, 0.29) is 23.0 Å². The molecule has 0 aliphatic rings. The zero-order valence-electron chi connectivity index (χ0n) is 16.3. The van der Waals surface area contributed by atoms with E-state index < -0.39 is 9.84 Å². The van der Waals surface area contributed by atoms with Crippen LogP contribution in [0.3, 0.4) is 0 Å². The first-order chi connectivity index (χ1) is 14.8. The van der Waals surface area contributed by atoms with Crippen molar-refractivity contribution >= 4 is 38.3 Å². The molecule has 4 aromatic rings. The first-order valence-electron chi connectivity index (χ1n) is 9.09. The number of hydrogen-bond acceptors (Lipinski definition) is 6. The lowest BCUT2D eigenvalue weighted by molar-refractivity contribution is 0.0946. The summed E-state index contributed by atoms with van der Waals surface area (Å²) < 4.78 is 27.4. The van der Waals surface area contributed by atoms with Gasteiger partial charge in [0.1, 0.15) is 5.69 Å². The Bertz CT molecular complexity index is 1350. The first kappa shape index (κ1) is 21.2. The normalized spacial score (nSPS) is 11.4. The standard InChI is InChI=1S/C20H17IN6O3S/c1-31(29,30)17-7-5-16(6-8-17)26-12-14(10-23-26)9-22-20(28)18-3-2-4-19(25-18)27-13-15(21)11-24-27/h2-8,10-13H,9H2,1H3,(H,22,28). The molecule has 0 fully saturated rings. The molecule has 1 N–H and O–H groups in total. The second-order valence-corrected chi connectivity index (χ2v) is 9.99. The highest BCUT2D eigenvalue weighted by molar-refractivity contribution is 14.1. The average molecular weight is 548 g/mol. The van der Waals surface area contributed by atoms with E-state index >= 15 is 0 Å². The van der Waals surface area contributed by atoms with Crippen molar-refractivity contribution in [2.45, 2.75) is 11.4 Å². The molecule has 11 heteroatoms. The lowest BCUT2D eigenvalue weighted by atomic mass is 10.3. The molecule has 0 unspecified atom stereocenters. The van der Waals surface area contributed by atoms with Crippen LogP contribution in [0.5, 0.6) is 0 Å². The summed E-state index contributed by atoms with van der Waals surface area (Å²) in [6.45, 7) is 0.270. The maximum atomic E-state index is 12.5. The maximum Gasteiger partial charge on any atom is 0.270 e. The Hall–Kier alpha value is -3.06. The minimum absolute atomic E-state index is 0.246. The third-order valence-corrected chi connectivity index (χ3v) is 6.06. The molecular formula is C20H17IN6O3S. The molecule has 0 bridgehead atoms. The number of sulfone groups is 1. The summed E-state index contributed by atoms with van der Waals surface area (Å²) in [5, 5.41) is 11.3. The molecule has 1 aromatic carbocycles. The SMILES string of the molecule is CS(=O)(=O)c1ccc(-n2cc(CNC(=O)c3cccc(-n4cc(I)cn4)n3)cn2)cc1.